The Morgan fingerprint density at radius 3 is 2.24 bits per heavy atom. The molecule has 0 unspecified atom stereocenters. The number of rotatable bonds is 5. The molecule has 0 aliphatic carbocycles. The number of carbonyl (C=O) groups is 2. The van der Waals surface area contributed by atoms with Gasteiger partial charge < -0.3 is 4.74 Å². The van der Waals surface area contributed by atoms with Gasteiger partial charge in [0.05, 0.1) is 16.8 Å². The highest BCUT2D eigenvalue weighted by Gasteiger charge is 2.21. The summed E-state index contributed by atoms with van der Waals surface area (Å²) in [7, 11) is 0. The van der Waals surface area contributed by atoms with Crippen LogP contribution in [0.2, 0.25) is 0 Å². The van der Waals surface area contributed by atoms with Crippen molar-refractivity contribution >= 4 is 33.4 Å². The van der Waals surface area contributed by atoms with Crippen LogP contribution < -0.4 is 0 Å². The van der Waals surface area contributed by atoms with Gasteiger partial charge in [-0.25, -0.2) is 9.78 Å². The molecule has 1 heterocycles. The van der Waals surface area contributed by atoms with Crippen molar-refractivity contribution in [3.05, 3.63) is 114 Å². The molecule has 1 aromatic heterocycles. The van der Waals surface area contributed by atoms with Gasteiger partial charge in [0.1, 0.15) is 0 Å². The quantitative estimate of drug-likeness (QED) is 0.239. The first-order valence-electron chi connectivity index (χ1n) is 10.8. The largest absolute Gasteiger partial charge is 0.454 e. The molecule has 0 amide bonds. The van der Waals surface area contributed by atoms with E-state index >= 15 is 0 Å². The van der Waals surface area contributed by atoms with E-state index in [2.05, 4.69) is 0 Å². The predicted octanol–water partition coefficient (Wildman–Crippen LogP) is 6.40. The molecular formula is C29H21NO3. The Bertz CT molecular complexity index is 1500. The standard InChI is InChI=1S/C29H21NO3/c1-19-27(24-15-7-8-17-25(24)30-28(19)21-11-3-2-4-12-21)29(32)33-18-26(31)23-16-9-13-20-10-5-6-14-22(20)23/h2-17H,18H2,1H3. The van der Waals surface area contributed by atoms with Crippen LogP contribution in [0.15, 0.2) is 97.1 Å². The van der Waals surface area contributed by atoms with Crippen LogP contribution >= 0.6 is 0 Å². The molecule has 0 fully saturated rings. The summed E-state index contributed by atoms with van der Waals surface area (Å²) >= 11 is 0. The first kappa shape index (κ1) is 20.6. The zero-order valence-corrected chi connectivity index (χ0v) is 18.1. The van der Waals surface area contributed by atoms with Crippen LogP contribution in [0.1, 0.15) is 26.3 Å². The maximum Gasteiger partial charge on any atom is 0.339 e. The minimum absolute atomic E-state index is 0.237. The minimum Gasteiger partial charge on any atom is -0.454 e. The summed E-state index contributed by atoms with van der Waals surface area (Å²) in [5.74, 6) is -0.767. The molecule has 0 atom stereocenters. The van der Waals surface area contributed by atoms with Crippen molar-refractivity contribution in [2.24, 2.45) is 0 Å². The van der Waals surface area contributed by atoms with Crippen LogP contribution in [0.3, 0.4) is 0 Å². The minimum atomic E-state index is -0.531. The average molecular weight is 431 g/mol. The molecule has 0 saturated carbocycles. The lowest BCUT2D eigenvalue weighted by atomic mass is 9.98. The average Bonchev–Trinajstić information content (AvgIpc) is 2.87. The van der Waals surface area contributed by atoms with E-state index in [0.717, 1.165) is 27.6 Å². The molecule has 160 valence electrons. The van der Waals surface area contributed by atoms with E-state index in [1.165, 1.54) is 0 Å². The Kier molecular flexibility index (Phi) is 5.41. The van der Waals surface area contributed by atoms with Crippen LogP contribution in [0.25, 0.3) is 32.9 Å². The fourth-order valence-corrected chi connectivity index (χ4v) is 4.20. The highest BCUT2D eigenvalue weighted by atomic mass is 16.5. The number of fused-ring (bicyclic) bond motifs is 2. The number of benzene rings is 4. The first-order chi connectivity index (χ1) is 16.1. The maximum absolute atomic E-state index is 13.3. The lowest BCUT2D eigenvalue weighted by Gasteiger charge is -2.14. The molecule has 5 rings (SSSR count). The van der Waals surface area contributed by atoms with Gasteiger partial charge in [-0.2, -0.15) is 0 Å². The number of pyridine rings is 1. The van der Waals surface area contributed by atoms with Crippen molar-refractivity contribution in [1.29, 1.82) is 0 Å². The third-order valence-electron chi connectivity index (χ3n) is 5.81. The summed E-state index contributed by atoms with van der Waals surface area (Å²) in [6.07, 6.45) is 0. The molecule has 0 aliphatic heterocycles. The molecule has 5 aromatic rings. The van der Waals surface area contributed by atoms with Crippen LogP contribution in [-0.2, 0) is 4.74 Å². The van der Waals surface area contributed by atoms with Gasteiger partial charge in [0.25, 0.3) is 0 Å². The van der Waals surface area contributed by atoms with Crippen LogP contribution in [0, 0.1) is 6.92 Å². The van der Waals surface area contributed by atoms with Gasteiger partial charge in [0.2, 0.25) is 5.78 Å². The van der Waals surface area contributed by atoms with E-state index in [1.807, 2.05) is 97.9 Å². The normalized spacial score (nSPS) is 10.9. The van der Waals surface area contributed by atoms with E-state index in [1.54, 1.807) is 6.07 Å². The zero-order valence-electron chi connectivity index (χ0n) is 18.1. The summed E-state index contributed by atoms with van der Waals surface area (Å²) in [6.45, 7) is 1.54. The summed E-state index contributed by atoms with van der Waals surface area (Å²) < 4.78 is 5.56. The molecule has 4 nitrogen and oxygen atoms in total. The van der Waals surface area contributed by atoms with Gasteiger partial charge in [0.15, 0.2) is 6.61 Å². The number of hydrogen-bond donors (Lipinski definition) is 0. The van der Waals surface area contributed by atoms with Crippen LogP contribution in [0.5, 0.6) is 0 Å². The van der Waals surface area contributed by atoms with Gasteiger partial charge in [-0.1, -0.05) is 91.0 Å². The highest BCUT2D eigenvalue weighted by Crippen LogP contribution is 2.30. The number of hydrogen-bond acceptors (Lipinski definition) is 4. The van der Waals surface area contributed by atoms with Gasteiger partial charge in [0, 0.05) is 16.5 Å². The first-order valence-corrected chi connectivity index (χ1v) is 10.8. The van der Waals surface area contributed by atoms with Crippen molar-refractivity contribution in [2.45, 2.75) is 6.92 Å². The maximum atomic E-state index is 13.3. The zero-order chi connectivity index (χ0) is 22.8. The predicted molar refractivity (Wildman–Crippen MR) is 130 cm³/mol. The second-order valence-corrected chi connectivity index (χ2v) is 7.87. The number of Topliss-reactive ketones (excluding diaryl/α,β-unsaturated/α-hetero) is 1. The van der Waals surface area contributed by atoms with Crippen LogP contribution in [0.4, 0.5) is 0 Å². The number of ketones is 1. The molecule has 4 heteroatoms. The van der Waals surface area contributed by atoms with Gasteiger partial charge in [-0.3, -0.25) is 4.79 Å². The Hall–Kier alpha value is -4.31. The molecule has 0 spiro atoms. The van der Waals surface area contributed by atoms with E-state index < -0.39 is 5.97 Å². The monoisotopic (exact) mass is 431 g/mol. The third-order valence-corrected chi connectivity index (χ3v) is 5.81. The lowest BCUT2D eigenvalue weighted by molar-refractivity contribution is 0.0476. The number of nitrogens with zero attached hydrogens (tertiary/aromatic N) is 1. The summed E-state index contributed by atoms with van der Waals surface area (Å²) in [6, 6.07) is 30.4. The topological polar surface area (TPSA) is 56.3 Å². The van der Waals surface area contributed by atoms with Crippen molar-refractivity contribution in [3.63, 3.8) is 0 Å². The van der Waals surface area contributed by atoms with E-state index in [-0.39, 0.29) is 12.4 Å². The van der Waals surface area contributed by atoms with E-state index in [4.69, 9.17) is 9.72 Å². The number of carbonyl (C=O) groups excluding carboxylic acids is 2. The van der Waals surface area contributed by atoms with Gasteiger partial charge >= 0.3 is 5.97 Å². The summed E-state index contributed by atoms with van der Waals surface area (Å²) in [5, 5.41) is 2.52. The molecule has 33 heavy (non-hydrogen) atoms. The van der Waals surface area contributed by atoms with Gasteiger partial charge in [-0.05, 0) is 29.3 Å². The highest BCUT2D eigenvalue weighted by molar-refractivity contribution is 6.11. The second-order valence-electron chi connectivity index (χ2n) is 7.87. The Balaban J connectivity index is 1.49. The van der Waals surface area contributed by atoms with Crippen LogP contribution in [-0.4, -0.2) is 23.3 Å². The van der Waals surface area contributed by atoms with E-state index in [9.17, 15) is 9.59 Å². The van der Waals surface area contributed by atoms with Gasteiger partial charge in [-0.15, -0.1) is 0 Å². The van der Waals surface area contributed by atoms with E-state index in [0.29, 0.717) is 22.0 Å². The summed E-state index contributed by atoms with van der Waals surface area (Å²) in [5.41, 5.74) is 4.05. The third kappa shape index (κ3) is 3.87. The van der Waals surface area contributed by atoms with Crippen molar-refractivity contribution in [2.75, 3.05) is 6.61 Å². The van der Waals surface area contributed by atoms with Crippen molar-refractivity contribution in [3.8, 4) is 11.3 Å². The number of esters is 1. The van der Waals surface area contributed by atoms with Crippen molar-refractivity contribution < 1.29 is 14.3 Å². The molecule has 0 radical (unpaired) electrons. The molecule has 0 bridgehead atoms. The number of para-hydroxylation sites is 1. The molecule has 0 aliphatic rings. The fourth-order valence-electron chi connectivity index (χ4n) is 4.20. The number of aromatic nitrogens is 1. The SMILES string of the molecule is Cc1c(-c2ccccc2)nc2ccccc2c1C(=O)OCC(=O)c1cccc2ccccc12. The summed E-state index contributed by atoms with van der Waals surface area (Å²) in [4.78, 5) is 31.0. The fraction of sp³-hybridized carbons (Fsp3) is 0.0690. The molecule has 4 aromatic carbocycles. The Labute approximate surface area is 191 Å². The lowest BCUT2D eigenvalue weighted by Crippen LogP contribution is -2.16. The number of ether oxygens (including phenoxy) is 1. The Morgan fingerprint density at radius 2 is 1.42 bits per heavy atom. The Morgan fingerprint density at radius 1 is 0.758 bits per heavy atom. The van der Waals surface area contributed by atoms with Crippen molar-refractivity contribution in [1.82, 2.24) is 4.98 Å². The molecular weight excluding hydrogens is 410 g/mol. The molecule has 0 saturated heterocycles. The smallest absolute Gasteiger partial charge is 0.339 e. The molecule has 0 N–H and O–H groups in total. The second kappa shape index (κ2) is 8.67.